The molecule has 0 aliphatic rings. The van der Waals surface area contributed by atoms with Crippen LogP contribution < -0.4 is 0 Å². The van der Waals surface area contributed by atoms with Gasteiger partial charge in [-0.2, -0.15) is 0 Å². The number of aliphatic carboxylic acids is 2. The van der Waals surface area contributed by atoms with Crippen LogP contribution in [0.3, 0.4) is 0 Å². The fraction of sp³-hybridized carbons (Fsp3) is 0.500. The maximum absolute atomic E-state index is 10.7. The molecule has 0 bridgehead atoms. The third-order valence-corrected chi connectivity index (χ3v) is 2.26. The Balaban J connectivity index is 4.62. The van der Waals surface area contributed by atoms with Crippen LogP contribution in [0, 0.1) is 0 Å². The molecule has 0 fully saturated rings. The van der Waals surface area contributed by atoms with E-state index in [0.717, 1.165) is 0 Å². The van der Waals surface area contributed by atoms with Crippen LogP contribution in [0.4, 0.5) is 0 Å². The van der Waals surface area contributed by atoms with E-state index in [-0.39, 0.29) is 0 Å². The highest BCUT2D eigenvalue weighted by Crippen LogP contribution is 2.20. The van der Waals surface area contributed by atoms with Crippen molar-refractivity contribution in [2.24, 2.45) is 0 Å². The fourth-order valence-electron chi connectivity index (χ4n) is 0.702. The molecule has 0 aliphatic heterocycles. The van der Waals surface area contributed by atoms with Crippen molar-refractivity contribution in [2.45, 2.75) is 18.4 Å². The van der Waals surface area contributed by atoms with Crippen LogP contribution in [0.15, 0.2) is 0 Å². The van der Waals surface area contributed by atoms with Crippen molar-refractivity contribution in [2.75, 3.05) is 0 Å². The lowest BCUT2D eigenvalue weighted by molar-refractivity contribution is -0.153. The minimum atomic E-state index is -2.31. The van der Waals surface area contributed by atoms with Gasteiger partial charge < -0.3 is 15.3 Å². The summed E-state index contributed by atoms with van der Waals surface area (Å²) in [4.78, 5) is 31.1. The maximum Gasteiger partial charge on any atom is 0.306 e. The third-order valence-electron chi connectivity index (χ3n) is 1.25. The highest BCUT2D eigenvalue weighted by atomic mass is 127. The number of hydrogen-bond acceptors (Lipinski definition) is 4. The van der Waals surface area contributed by atoms with Crippen molar-refractivity contribution < 1.29 is 29.7 Å². The SMILES string of the molecule is O=C(O)CC(O)(CC(=O)O)C(=O)I. The predicted molar refractivity (Wildman–Crippen MR) is 48.5 cm³/mol. The first kappa shape index (κ1) is 12.3. The first-order valence-corrected chi connectivity index (χ1v) is 4.22. The van der Waals surface area contributed by atoms with E-state index < -0.39 is 34.2 Å². The Labute approximate surface area is 86.7 Å². The van der Waals surface area contributed by atoms with Gasteiger partial charge in [-0.05, 0) is 0 Å². The Bertz CT molecular complexity index is 232. The van der Waals surface area contributed by atoms with Gasteiger partial charge in [-0.25, -0.2) is 0 Å². The largest absolute Gasteiger partial charge is 0.481 e. The van der Waals surface area contributed by atoms with Gasteiger partial charge >= 0.3 is 11.9 Å². The number of carboxylic acids is 2. The summed E-state index contributed by atoms with van der Waals surface area (Å²) < 4.78 is -0.894. The van der Waals surface area contributed by atoms with E-state index in [9.17, 15) is 19.5 Å². The summed E-state index contributed by atoms with van der Waals surface area (Å²) in [5.74, 6) is -2.84. The summed E-state index contributed by atoms with van der Waals surface area (Å²) in [6, 6.07) is 0. The Kier molecular flexibility index (Phi) is 4.27. The molecule has 0 aliphatic carbocycles. The topological polar surface area (TPSA) is 112 Å². The monoisotopic (exact) mass is 302 g/mol. The van der Waals surface area contributed by atoms with Gasteiger partial charge in [0.25, 0.3) is 0 Å². The van der Waals surface area contributed by atoms with Crippen LogP contribution in [0.5, 0.6) is 0 Å². The molecule has 0 amide bonds. The molecule has 0 aromatic rings. The number of carboxylic acid groups (broad SMARTS) is 2. The van der Waals surface area contributed by atoms with E-state index in [2.05, 4.69) is 0 Å². The lowest BCUT2D eigenvalue weighted by Crippen LogP contribution is -2.40. The maximum atomic E-state index is 10.7. The number of carbonyl (C=O) groups excluding carboxylic acids is 1. The zero-order valence-corrected chi connectivity index (χ0v) is 8.52. The molecule has 0 spiro atoms. The first-order chi connectivity index (χ1) is 5.78. The second kappa shape index (κ2) is 4.51. The van der Waals surface area contributed by atoms with Crippen molar-refractivity contribution >= 4 is 38.3 Å². The normalized spacial score (nSPS) is 10.9. The van der Waals surface area contributed by atoms with Gasteiger partial charge in [0, 0.05) is 22.6 Å². The minimum Gasteiger partial charge on any atom is -0.481 e. The minimum absolute atomic E-state index is 0.894. The molecule has 0 rings (SSSR count). The first-order valence-electron chi connectivity index (χ1n) is 3.14. The van der Waals surface area contributed by atoms with Gasteiger partial charge in [-0.15, -0.1) is 0 Å². The zero-order chi connectivity index (χ0) is 10.6. The second-order valence-corrected chi connectivity index (χ2v) is 3.43. The van der Waals surface area contributed by atoms with E-state index >= 15 is 0 Å². The van der Waals surface area contributed by atoms with Crippen molar-refractivity contribution in [3.8, 4) is 0 Å². The molecule has 0 heterocycles. The van der Waals surface area contributed by atoms with Crippen LogP contribution in [-0.2, 0) is 14.4 Å². The number of hydrogen-bond donors (Lipinski definition) is 3. The quantitative estimate of drug-likeness (QED) is 0.472. The molecule has 6 nitrogen and oxygen atoms in total. The van der Waals surface area contributed by atoms with Crippen molar-refractivity contribution in [3.05, 3.63) is 0 Å². The smallest absolute Gasteiger partial charge is 0.306 e. The highest BCUT2D eigenvalue weighted by molar-refractivity contribution is 14.1. The molecule has 0 atom stereocenters. The third kappa shape index (κ3) is 4.18. The Hall–Kier alpha value is -0.700. The molecule has 0 unspecified atom stereocenters. The van der Waals surface area contributed by atoms with E-state index in [1.54, 1.807) is 0 Å². The van der Waals surface area contributed by atoms with Gasteiger partial charge in [-0.3, -0.25) is 14.4 Å². The van der Waals surface area contributed by atoms with Crippen molar-refractivity contribution in [1.29, 1.82) is 0 Å². The molecule has 74 valence electrons. The molecular formula is C6H7IO6. The average molecular weight is 302 g/mol. The molecule has 0 radical (unpaired) electrons. The zero-order valence-electron chi connectivity index (χ0n) is 6.36. The van der Waals surface area contributed by atoms with E-state index in [1.165, 1.54) is 22.6 Å². The Morgan fingerprint density at radius 3 is 1.54 bits per heavy atom. The number of aliphatic hydroxyl groups is 1. The number of rotatable bonds is 5. The van der Waals surface area contributed by atoms with E-state index in [0.29, 0.717) is 0 Å². The lowest BCUT2D eigenvalue weighted by Gasteiger charge is -2.19. The summed E-state index contributed by atoms with van der Waals surface area (Å²) in [5.41, 5.74) is -2.31. The Morgan fingerprint density at radius 2 is 1.38 bits per heavy atom. The van der Waals surface area contributed by atoms with Gasteiger partial charge in [-0.1, -0.05) is 0 Å². The Morgan fingerprint density at radius 1 is 1.08 bits per heavy atom. The summed E-state index contributed by atoms with van der Waals surface area (Å²) >= 11 is 1.17. The van der Waals surface area contributed by atoms with Crippen molar-refractivity contribution in [3.63, 3.8) is 0 Å². The standard InChI is InChI=1S/C6H7IO6/c7-5(12)6(13,1-3(8)9)2-4(10)11/h13H,1-2H2,(H,8,9)(H,10,11). The molecule has 0 aromatic carbocycles. The molecule has 0 saturated carbocycles. The summed E-state index contributed by atoms with van der Waals surface area (Å²) in [7, 11) is 0. The van der Waals surface area contributed by atoms with E-state index in [4.69, 9.17) is 10.2 Å². The summed E-state index contributed by atoms with van der Waals surface area (Å²) in [6.45, 7) is 0. The molecule has 3 N–H and O–H groups in total. The molecule has 13 heavy (non-hydrogen) atoms. The van der Waals surface area contributed by atoms with Crippen LogP contribution in [-0.4, -0.2) is 36.6 Å². The molecule has 0 aromatic heterocycles. The van der Waals surface area contributed by atoms with Gasteiger partial charge in [0.2, 0.25) is 3.79 Å². The van der Waals surface area contributed by atoms with Crippen LogP contribution in [0.2, 0.25) is 0 Å². The van der Waals surface area contributed by atoms with Gasteiger partial charge in [0.05, 0.1) is 12.8 Å². The van der Waals surface area contributed by atoms with Crippen LogP contribution >= 0.6 is 22.6 Å². The summed E-state index contributed by atoms with van der Waals surface area (Å²) in [6.07, 6.45) is -1.80. The predicted octanol–water partition coefficient (Wildman–Crippen LogP) is -0.371. The van der Waals surface area contributed by atoms with Crippen molar-refractivity contribution in [1.82, 2.24) is 0 Å². The molecule has 0 saturated heterocycles. The lowest BCUT2D eigenvalue weighted by atomic mass is 9.98. The van der Waals surface area contributed by atoms with Gasteiger partial charge in [0.1, 0.15) is 0 Å². The second-order valence-electron chi connectivity index (χ2n) is 2.45. The molecule has 7 heteroatoms. The number of halogens is 1. The fourth-order valence-corrected chi connectivity index (χ4v) is 1.08. The number of carbonyl (C=O) groups is 3. The van der Waals surface area contributed by atoms with Crippen LogP contribution in [0.1, 0.15) is 12.8 Å². The highest BCUT2D eigenvalue weighted by Gasteiger charge is 2.38. The van der Waals surface area contributed by atoms with E-state index in [1.807, 2.05) is 0 Å². The molecular weight excluding hydrogens is 295 g/mol. The summed E-state index contributed by atoms with van der Waals surface area (Å²) in [5, 5.41) is 25.9. The van der Waals surface area contributed by atoms with Gasteiger partial charge in [0.15, 0.2) is 5.60 Å². The van der Waals surface area contributed by atoms with Crippen LogP contribution in [0.25, 0.3) is 0 Å². The average Bonchev–Trinajstić information content (AvgIpc) is 1.82.